The molecule has 0 atom stereocenters. The minimum atomic E-state index is -0.779. The molecule has 5 nitrogen and oxygen atoms in total. The summed E-state index contributed by atoms with van der Waals surface area (Å²) in [6, 6.07) is 7.97. The molecule has 15 heavy (non-hydrogen) atoms. The Morgan fingerprint density at radius 2 is 1.87 bits per heavy atom. The lowest BCUT2D eigenvalue weighted by Crippen LogP contribution is -2.39. The van der Waals surface area contributed by atoms with Crippen molar-refractivity contribution in [2.45, 2.75) is 0 Å². The molecule has 0 aliphatic carbocycles. The fourth-order valence-corrected chi connectivity index (χ4v) is 1.01. The summed E-state index contributed by atoms with van der Waals surface area (Å²) in [5, 5.41) is 0. The summed E-state index contributed by atoms with van der Waals surface area (Å²) in [6.45, 7) is -0.409. The van der Waals surface area contributed by atoms with Gasteiger partial charge in [0.15, 0.2) is 0 Å². The smallest absolute Gasteiger partial charge is 0.322 e. The van der Waals surface area contributed by atoms with Crippen LogP contribution in [0.2, 0.25) is 0 Å². The average molecular weight is 205 g/mol. The first-order chi connectivity index (χ1) is 7.20. The maximum atomic E-state index is 11.6. The van der Waals surface area contributed by atoms with Crippen molar-refractivity contribution in [3.8, 4) is 0 Å². The molecule has 0 aliphatic heterocycles. The molecule has 0 fully saturated rings. The first-order valence-corrected chi connectivity index (χ1v) is 4.21. The van der Waals surface area contributed by atoms with Gasteiger partial charge in [-0.2, -0.15) is 0 Å². The van der Waals surface area contributed by atoms with E-state index in [1.807, 2.05) is 0 Å². The van der Waals surface area contributed by atoms with Gasteiger partial charge in [-0.3, -0.25) is 14.4 Å². The Labute approximate surface area is 86.5 Å². The number of nitrogens with two attached hydrogens (primary N) is 1. The van der Waals surface area contributed by atoms with Gasteiger partial charge >= 0.3 is 6.41 Å². The quantitative estimate of drug-likeness (QED) is 0.686. The van der Waals surface area contributed by atoms with Crippen LogP contribution in [0.3, 0.4) is 0 Å². The van der Waals surface area contributed by atoms with Crippen LogP contribution in [0.4, 0.5) is 0 Å². The molecule has 0 saturated carbocycles. The standard InChI is InChI=1S/C10H9N2O3/c11-6-9(14)12(7-13)10(15)8-4-2-1-3-5-8/h1-5H,6,11H2. The van der Waals surface area contributed by atoms with Crippen LogP contribution in [-0.2, 0) is 9.59 Å². The van der Waals surface area contributed by atoms with Gasteiger partial charge in [-0.25, -0.2) is 4.90 Å². The molecule has 0 heterocycles. The Morgan fingerprint density at radius 3 is 2.33 bits per heavy atom. The number of carbonyl (C=O) groups is 2. The zero-order valence-corrected chi connectivity index (χ0v) is 7.84. The number of amides is 3. The predicted molar refractivity (Wildman–Crippen MR) is 52.4 cm³/mol. The van der Waals surface area contributed by atoms with Crippen LogP contribution in [0, 0.1) is 0 Å². The van der Waals surface area contributed by atoms with E-state index in [1.165, 1.54) is 18.5 Å². The fourth-order valence-electron chi connectivity index (χ4n) is 1.01. The van der Waals surface area contributed by atoms with E-state index in [2.05, 4.69) is 0 Å². The molecule has 0 aliphatic rings. The van der Waals surface area contributed by atoms with Crippen molar-refractivity contribution in [2.24, 2.45) is 5.73 Å². The van der Waals surface area contributed by atoms with E-state index < -0.39 is 18.4 Å². The predicted octanol–water partition coefficient (Wildman–Crippen LogP) is -0.319. The molecule has 0 bridgehead atoms. The van der Waals surface area contributed by atoms with Crippen molar-refractivity contribution < 1.29 is 14.4 Å². The van der Waals surface area contributed by atoms with Crippen molar-refractivity contribution in [1.82, 2.24) is 4.90 Å². The van der Waals surface area contributed by atoms with Crippen molar-refractivity contribution in [3.63, 3.8) is 0 Å². The molecule has 1 aromatic carbocycles. The van der Waals surface area contributed by atoms with E-state index in [1.54, 1.807) is 18.2 Å². The number of hydrogen-bond acceptors (Lipinski definition) is 4. The maximum absolute atomic E-state index is 11.6. The average Bonchev–Trinajstić information content (AvgIpc) is 2.30. The first kappa shape index (κ1) is 11.1. The van der Waals surface area contributed by atoms with Crippen molar-refractivity contribution >= 4 is 18.2 Å². The zero-order valence-electron chi connectivity index (χ0n) is 7.84. The van der Waals surface area contributed by atoms with Crippen LogP contribution >= 0.6 is 0 Å². The van der Waals surface area contributed by atoms with Crippen LogP contribution < -0.4 is 5.73 Å². The maximum Gasteiger partial charge on any atom is 0.326 e. The van der Waals surface area contributed by atoms with Crippen LogP contribution in [0.15, 0.2) is 30.3 Å². The molecular weight excluding hydrogens is 196 g/mol. The summed E-state index contributed by atoms with van der Waals surface area (Å²) in [7, 11) is 0. The largest absolute Gasteiger partial charge is 0.326 e. The lowest BCUT2D eigenvalue weighted by molar-refractivity contribution is -0.124. The number of rotatable bonds is 3. The van der Waals surface area contributed by atoms with Gasteiger partial charge < -0.3 is 5.73 Å². The molecule has 77 valence electrons. The van der Waals surface area contributed by atoms with Gasteiger partial charge in [-0.05, 0) is 12.1 Å². The monoisotopic (exact) mass is 205 g/mol. The molecule has 1 radical (unpaired) electrons. The van der Waals surface area contributed by atoms with E-state index in [-0.39, 0.29) is 5.56 Å². The first-order valence-electron chi connectivity index (χ1n) is 4.21. The van der Waals surface area contributed by atoms with Crippen molar-refractivity contribution in [3.05, 3.63) is 35.9 Å². The second kappa shape index (κ2) is 5.02. The van der Waals surface area contributed by atoms with E-state index in [0.717, 1.165) is 0 Å². The fraction of sp³-hybridized carbons (Fsp3) is 0.100. The second-order valence-electron chi connectivity index (χ2n) is 2.70. The number of carbonyl (C=O) groups excluding carboxylic acids is 3. The summed E-state index contributed by atoms with van der Waals surface area (Å²) >= 11 is 0. The van der Waals surface area contributed by atoms with Gasteiger partial charge in [0.05, 0.1) is 6.54 Å². The van der Waals surface area contributed by atoms with Crippen LogP contribution in [0.5, 0.6) is 0 Å². The number of nitrogens with zero attached hydrogens (tertiary/aromatic N) is 1. The van der Waals surface area contributed by atoms with Gasteiger partial charge in [-0.15, -0.1) is 0 Å². The molecule has 0 unspecified atom stereocenters. The van der Waals surface area contributed by atoms with E-state index in [9.17, 15) is 14.4 Å². The summed E-state index contributed by atoms with van der Waals surface area (Å²) in [4.78, 5) is 33.4. The lowest BCUT2D eigenvalue weighted by atomic mass is 10.2. The van der Waals surface area contributed by atoms with E-state index in [0.29, 0.717) is 4.90 Å². The Bertz CT molecular complexity index is 376. The Morgan fingerprint density at radius 1 is 1.27 bits per heavy atom. The second-order valence-corrected chi connectivity index (χ2v) is 2.70. The number of hydrogen-bond donors (Lipinski definition) is 1. The highest BCUT2D eigenvalue weighted by atomic mass is 16.2. The summed E-state index contributed by atoms with van der Waals surface area (Å²) in [5.41, 5.74) is 5.28. The van der Waals surface area contributed by atoms with Crippen LogP contribution in [-0.4, -0.2) is 29.7 Å². The SMILES string of the molecule is NCC(=O)N([C]=O)C(=O)c1ccccc1. The topological polar surface area (TPSA) is 80.5 Å². The van der Waals surface area contributed by atoms with Gasteiger partial charge in [-0.1, -0.05) is 18.2 Å². The van der Waals surface area contributed by atoms with E-state index >= 15 is 0 Å². The number of benzene rings is 1. The van der Waals surface area contributed by atoms with Gasteiger partial charge in [0, 0.05) is 5.56 Å². The summed E-state index contributed by atoms with van der Waals surface area (Å²) in [5.74, 6) is -1.50. The third-order valence-corrected chi connectivity index (χ3v) is 1.74. The highest BCUT2D eigenvalue weighted by Crippen LogP contribution is 2.02. The third-order valence-electron chi connectivity index (χ3n) is 1.74. The molecular formula is C10H9N2O3. The molecule has 1 aromatic rings. The molecule has 3 amide bonds. The Hall–Kier alpha value is -2.01. The molecule has 0 spiro atoms. The van der Waals surface area contributed by atoms with Crippen LogP contribution in [0.1, 0.15) is 10.4 Å². The number of imide groups is 3. The van der Waals surface area contributed by atoms with Crippen molar-refractivity contribution in [1.29, 1.82) is 0 Å². The van der Waals surface area contributed by atoms with Crippen molar-refractivity contribution in [2.75, 3.05) is 6.54 Å². The van der Waals surface area contributed by atoms with Crippen LogP contribution in [0.25, 0.3) is 0 Å². The summed E-state index contributed by atoms with van der Waals surface area (Å²) in [6.07, 6.45) is 1.26. The van der Waals surface area contributed by atoms with Gasteiger partial charge in [0.1, 0.15) is 0 Å². The molecule has 2 N–H and O–H groups in total. The third kappa shape index (κ3) is 2.47. The highest BCUT2D eigenvalue weighted by molar-refractivity contribution is 6.12. The van der Waals surface area contributed by atoms with Gasteiger partial charge in [0.25, 0.3) is 5.91 Å². The lowest BCUT2D eigenvalue weighted by Gasteiger charge is -2.10. The Balaban J connectivity index is 2.92. The Kier molecular flexibility index (Phi) is 3.70. The normalized spacial score (nSPS) is 9.40. The molecule has 5 heteroatoms. The molecule has 0 saturated heterocycles. The van der Waals surface area contributed by atoms with Gasteiger partial charge in [0.2, 0.25) is 5.91 Å². The highest BCUT2D eigenvalue weighted by Gasteiger charge is 2.21. The minimum absolute atomic E-state index is 0.239. The molecule has 0 aromatic heterocycles. The summed E-state index contributed by atoms with van der Waals surface area (Å²) < 4.78 is 0. The molecule has 1 rings (SSSR count). The van der Waals surface area contributed by atoms with E-state index in [4.69, 9.17) is 5.73 Å². The minimum Gasteiger partial charge on any atom is -0.322 e. The zero-order chi connectivity index (χ0) is 11.3.